The highest BCUT2D eigenvalue weighted by Crippen LogP contribution is 2.50. The molecule has 7 aliphatic heterocycles. The van der Waals surface area contributed by atoms with Crippen molar-refractivity contribution in [1.82, 2.24) is 37.2 Å². The Labute approximate surface area is 584 Å². The predicted octanol–water partition coefficient (Wildman–Crippen LogP) is 0.106. The van der Waals surface area contributed by atoms with Gasteiger partial charge in [0.2, 0.25) is 53.4 Å². The second kappa shape index (κ2) is 30.2. The third-order valence-corrected chi connectivity index (χ3v) is 18.4. The van der Waals surface area contributed by atoms with E-state index in [2.05, 4.69) is 37.2 Å². The smallest absolute Gasteiger partial charge is 0.330 e. The number of carboxylic acids is 1. The molecule has 2 fully saturated rings. The molecule has 21 N–H and O–H groups in total. The van der Waals surface area contributed by atoms with E-state index in [4.69, 9.17) is 63.1 Å². The van der Waals surface area contributed by atoms with Crippen LogP contribution in [-0.4, -0.2) is 191 Å². The summed E-state index contributed by atoms with van der Waals surface area (Å²) in [7, 11) is 1.47. The Balaban J connectivity index is 1.24. The highest BCUT2D eigenvalue weighted by Gasteiger charge is 2.51. The van der Waals surface area contributed by atoms with Gasteiger partial charge in [0.25, 0.3) is 0 Å². The van der Waals surface area contributed by atoms with Crippen LogP contribution in [0.2, 0.25) is 10.0 Å². The van der Waals surface area contributed by atoms with E-state index in [1.54, 1.807) is 0 Å². The van der Waals surface area contributed by atoms with Gasteiger partial charge in [-0.15, -0.1) is 0 Å². The predicted molar refractivity (Wildman–Crippen MR) is 349 cm³/mol. The highest BCUT2D eigenvalue weighted by atomic mass is 35.5. The second-order valence-corrected chi connectivity index (χ2v) is 26.5. The number of amides is 7. The first-order valence-corrected chi connectivity index (χ1v) is 32.4. The number of nitrogens with two attached hydrogens (primary N) is 2. The Morgan fingerprint density at radius 1 is 0.713 bits per heavy atom. The average Bonchev–Trinajstić information content (AvgIpc) is 0.775. The number of aromatic hydroxyl groups is 3. The summed E-state index contributed by atoms with van der Waals surface area (Å²) in [5.74, 6) is -16.0. The van der Waals surface area contributed by atoms with Gasteiger partial charge in [-0.1, -0.05) is 55.2 Å². The number of carbonyl (C=O) groups is 8. The van der Waals surface area contributed by atoms with Crippen LogP contribution in [0.15, 0.2) is 78.9 Å². The maximum Gasteiger partial charge on any atom is 0.330 e. The number of benzene rings is 5. The van der Waals surface area contributed by atoms with Crippen LogP contribution >= 0.6 is 23.2 Å². The van der Waals surface area contributed by atoms with Gasteiger partial charge in [0.05, 0.1) is 41.3 Å². The fourth-order valence-electron chi connectivity index (χ4n) is 12.5. The van der Waals surface area contributed by atoms with Crippen molar-refractivity contribution in [1.29, 1.82) is 0 Å². The molecule has 35 heteroatoms. The molecule has 5 aromatic carbocycles. The standard InChI is InChI=1S/C66H75Cl2N9O24/c1-23(2)12-34(71-5)58(88)76-49-51(83)26-7-10-38(32(67)14-26)97-40-16-28-17-41(55(40)101-65-56(54(86)53(85)42(22-78)99-65)100-44-21-66(4,70)57(87)24(3)96-44)98-39-11-8-27(15-33(39)68)52(84)50-63(93)75-48(64(94)95)31-18-29(79)19-37(81)45(31)30-13-25(6-9-36(30)80)46(60(90)77-50)74-61(91)47(28)73-59(89)35(20-43(69)82)72-62(49)92/h6-11,13-19,23-24,34-35,42,44,46-54,56-57,65,71,78-81,83-87H,12,20-22,70H2,1-5H3,(H2,69,82)(H,72,92)(H,73,89)(H,74,91)(H,75,93)(H,76,88)(H,77,90)(H,94,95)/t24?,34-,35?,42?,44?,46?,47-,48-,49?,50+,51-,52-,53?,54?,56?,57?,65?,66?/m1/s1. The molecule has 0 saturated carbocycles. The van der Waals surface area contributed by atoms with Crippen molar-refractivity contribution in [3.63, 3.8) is 0 Å². The molecule has 12 unspecified atom stereocenters. The van der Waals surface area contributed by atoms with Gasteiger partial charge >= 0.3 is 5.97 Å². The number of nitrogens with one attached hydrogen (secondary N) is 7. The molecule has 7 heterocycles. The molecule has 12 rings (SSSR count). The SMILES string of the molecule is CN[C@H](CC(C)C)C(=O)NC1C(=O)NC(CC(N)=O)C(=O)N[C@H]2C(=O)NC3C(=O)N[C@H](C(=O)N[C@@H](C(=O)O)c4cc(O)cc(O)c4-c4cc3ccc4O)[C@H](O)c3ccc(c(Cl)c3)Oc3cc2cc(c3OC2OC(CO)C(O)C(O)C2OC2CC(C)(N)C(O)C(C)O2)Oc2ccc(cc2Cl)[C@H]1O. The maximum atomic E-state index is 16.0. The third kappa shape index (κ3) is 15.8. The van der Waals surface area contributed by atoms with Gasteiger partial charge in [-0.3, -0.25) is 33.6 Å². The van der Waals surface area contributed by atoms with Gasteiger partial charge in [0, 0.05) is 34.7 Å². The molecule has 101 heavy (non-hydrogen) atoms. The molecular formula is C66H75Cl2N9O24. The van der Waals surface area contributed by atoms with E-state index in [0.29, 0.717) is 0 Å². The first kappa shape index (κ1) is 74.5. The Morgan fingerprint density at radius 3 is 1.90 bits per heavy atom. The summed E-state index contributed by atoms with van der Waals surface area (Å²) in [5.41, 5.74) is 8.00. The number of phenolic OH excluding ortho intramolecular Hbond substituents is 3. The van der Waals surface area contributed by atoms with E-state index in [-0.39, 0.29) is 46.2 Å². The van der Waals surface area contributed by atoms with Crippen LogP contribution in [0.4, 0.5) is 0 Å². The lowest BCUT2D eigenvalue weighted by molar-refractivity contribution is -0.333. The first-order valence-electron chi connectivity index (χ1n) is 31.6. The van der Waals surface area contributed by atoms with Crippen LogP contribution in [0.25, 0.3) is 11.1 Å². The number of primary amides is 1. The molecule has 0 spiro atoms. The minimum absolute atomic E-state index is 0.0975. The average molecular weight is 1450 g/mol. The molecule has 7 aliphatic rings. The van der Waals surface area contributed by atoms with E-state index in [1.165, 1.54) is 33.0 Å². The molecule has 0 aliphatic carbocycles. The van der Waals surface area contributed by atoms with Crippen molar-refractivity contribution < 1.29 is 118 Å². The number of carboxylic acid groups (broad SMARTS) is 1. The summed E-state index contributed by atoms with van der Waals surface area (Å²) in [4.78, 5) is 117. The minimum Gasteiger partial charge on any atom is -0.508 e. The fraction of sp³-hybridized carbons (Fsp3) is 0.424. The van der Waals surface area contributed by atoms with Crippen LogP contribution in [0.3, 0.4) is 0 Å². The number of ether oxygens (including phenoxy) is 6. The summed E-state index contributed by atoms with van der Waals surface area (Å²) >= 11 is 14.1. The molecule has 542 valence electrons. The van der Waals surface area contributed by atoms with Crippen molar-refractivity contribution in [2.24, 2.45) is 17.4 Å². The molecule has 33 nitrogen and oxygen atoms in total. The number of fused-ring (bicyclic) bond motifs is 15. The van der Waals surface area contributed by atoms with Crippen molar-refractivity contribution in [3.05, 3.63) is 117 Å². The lowest BCUT2D eigenvalue weighted by atomic mass is 9.86. The van der Waals surface area contributed by atoms with Crippen molar-refractivity contribution >= 4 is 70.5 Å². The molecule has 5 aromatic rings. The quantitative estimate of drug-likeness (QED) is 0.0743. The summed E-state index contributed by atoms with van der Waals surface area (Å²) < 4.78 is 38.3. The largest absolute Gasteiger partial charge is 0.508 e. The van der Waals surface area contributed by atoms with Gasteiger partial charge < -0.3 is 128 Å². The molecule has 0 radical (unpaired) electrons. The summed E-state index contributed by atoms with van der Waals surface area (Å²) in [5, 5.41) is 131. The summed E-state index contributed by atoms with van der Waals surface area (Å²) in [6.45, 7) is 5.66. The second-order valence-electron chi connectivity index (χ2n) is 25.7. The number of hydrogen-bond donors (Lipinski definition) is 19. The number of aliphatic hydroxyl groups excluding tert-OH is 6. The van der Waals surface area contributed by atoms with Crippen LogP contribution in [0.1, 0.15) is 105 Å². The molecule has 7 amide bonds. The topological polar surface area (TPSA) is 530 Å². The third-order valence-electron chi connectivity index (χ3n) is 17.8. The van der Waals surface area contributed by atoms with Crippen molar-refractivity contribution in [3.8, 4) is 57.1 Å². The number of rotatable bonds is 13. The zero-order valence-corrected chi connectivity index (χ0v) is 55.8. The van der Waals surface area contributed by atoms with Crippen molar-refractivity contribution in [2.75, 3.05) is 13.7 Å². The van der Waals surface area contributed by atoms with Gasteiger partial charge in [0.15, 0.2) is 29.9 Å². The Hall–Kier alpha value is -9.20. The fourth-order valence-corrected chi connectivity index (χ4v) is 12.9. The number of phenols is 3. The Kier molecular flexibility index (Phi) is 22.2. The van der Waals surface area contributed by atoms with Crippen molar-refractivity contribution in [2.45, 2.75) is 156 Å². The Morgan fingerprint density at radius 2 is 1.32 bits per heavy atom. The number of hydrogen-bond acceptors (Lipinski definition) is 25. The number of carbonyl (C=O) groups excluding carboxylic acids is 7. The molecule has 2 saturated heterocycles. The monoisotopic (exact) mass is 1450 g/mol. The summed E-state index contributed by atoms with van der Waals surface area (Å²) in [6.07, 6.45) is -18.6. The van der Waals surface area contributed by atoms with Crippen LogP contribution < -0.4 is 62.9 Å². The van der Waals surface area contributed by atoms with Crippen LogP contribution in [0, 0.1) is 5.92 Å². The minimum atomic E-state index is -2.35. The molecule has 11 bridgehead atoms. The van der Waals surface area contributed by atoms with Gasteiger partial charge in [-0.05, 0) is 110 Å². The van der Waals surface area contributed by atoms with E-state index in [1.807, 2.05) is 13.8 Å². The number of aliphatic hydroxyl groups is 6. The first-order chi connectivity index (χ1) is 47.7. The zero-order chi connectivity index (χ0) is 73.5. The Bertz CT molecular complexity index is 4070. The van der Waals surface area contributed by atoms with Gasteiger partial charge in [-0.25, -0.2) is 4.79 Å². The summed E-state index contributed by atoms with van der Waals surface area (Å²) in [6, 6.07) is -0.679. The number of aliphatic carboxylic acids is 1. The van der Waals surface area contributed by atoms with Gasteiger partial charge in [0.1, 0.15) is 89.5 Å². The highest BCUT2D eigenvalue weighted by molar-refractivity contribution is 6.32. The number of likely N-dealkylation sites (N-methyl/N-ethyl adjacent to an activating group) is 1. The van der Waals surface area contributed by atoms with E-state index < -0.39 is 237 Å². The maximum absolute atomic E-state index is 16.0. The number of halogens is 2. The molecule has 0 aromatic heterocycles. The van der Waals surface area contributed by atoms with E-state index in [9.17, 15) is 75.0 Å². The molecular weight excluding hydrogens is 1370 g/mol. The van der Waals surface area contributed by atoms with Crippen LogP contribution in [0.5, 0.6) is 46.0 Å². The normalized spacial score (nSPS) is 29.4. The van der Waals surface area contributed by atoms with Gasteiger partial charge in [-0.2, -0.15) is 0 Å². The van der Waals surface area contributed by atoms with E-state index in [0.717, 1.165) is 66.7 Å². The lowest BCUT2D eigenvalue weighted by Gasteiger charge is -2.47. The van der Waals surface area contributed by atoms with Crippen LogP contribution in [-0.2, 0) is 52.6 Å². The molecule has 18 atom stereocenters. The zero-order valence-electron chi connectivity index (χ0n) is 54.3. The lowest BCUT2D eigenvalue weighted by Crippen LogP contribution is -2.64. The van der Waals surface area contributed by atoms with E-state index >= 15 is 14.4 Å².